The molecule has 0 aliphatic carbocycles. The fraction of sp³-hybridized carbons (Fsp3) is 0.111. The molecule has 0 unspecified atom stereocenters. The molecule has 0 radical (unpaired) electrons. The predicted molar refractivity (Wildman–Crippen MR) is 83.9 cm³/mol. The Morgan fingerprint density at radius 1 is 1.00 bits per heavy atom. The summed E-state index contributed by atoms with van der Waals surface area (Å²) < 4.78 is 10.4. The Kier molecular flexibility index (Phi) is 4.01. The fourth-order valence-corrected chi connectivity index (χ4v) is 2.14. The Balaban J connectivity index is 1.68. The molecular weight excluding hydrogens is 278 g/mol. The summed E-state index contributed by atoms with van der Waals surface area (Å²) in [5.41, 5.74) is 2.10. The molecule has 4 nitrogen and oxygen atoms in total. The van der Waals surface area contributed by atoms with Gasteiger partial charge in [0.2, 0.25) is 0 Å². The number of fused-ring (bicyclic) bond motifs is 1. The van der Waals surface area contributed by atoms with Crippen molar-refractivity contribution in [2.24, 2.45) is 0 Å². The van der Waals surface area contributed by atoms with E-state index in [0.29, 0.717) is 11.3 Å². The maximum atomic E-state index is 12.0. The van der Waals surface area contributed by atoms with Gasteiger partial charge in [-0.2, -0.15) is 0 Å². The second-order valence-corrected chi connectivity index (χ2v) is 4.80. The summed E-state index contributed by atoms with van der Waals surface area (Å²) in [4.78, 5) is 16.5. The molecule has 22 heavy (non-hydrogen) atoms. The second-order valence-electron chi connectivity index (χ2n) is 4.80. The van der Waals surface area contributed by atoms with Crippen LogP contribution < -0.4 is 4.74 Å². The van der Waals surface area contributed by atoms with Gasteiger partial charge in [-0.1, -0.05) is 24.3 Å². The number of nitrogens with zero attached hydrogens (tertiary/aromatic N) is 1. The van der Waals surface area contributed by atoms with E-state index in [1.807, 2.05) is 36.4 Å². The van der Waals surface area contributed by atoms with Crippen LogP contribution >= 0.6 is 0 Å². The van der Waals surface area contributed by atoms with Gasteiger partial charge in [-0.05, 0) is 36.4 Å². The highest BCUT2D eigenvalue weighted by Crippen LogP contribution is 2.14. The van der Waals surface area contributed by atoms with Crippen molar-refractivity contribution in [1.82, 2.24) is 4.98 Å². The van der Waals surface area contributed by atoms with Crippen molar-refractivity contribution in [2.45, 2.75) is 6.61 Å². The predicted octanol–water partition coefficient (Wildman–Crippen LogP) is 3.60. The van der Waals surface area contributed by atoms with Crippen LogP contribution in [0.1, 0.15) is 16.1 Å². The van der Waals surface area contributed by atoms with Gasteiger partial charge in [-0.3, -0.25) is 0 Å². The molecular formula is C18H15NO3. The molecule has 0 bridgehead atoms. The lowest BCUT2D eigenvalue weighted by molar-refractivity contribution is 0.0468. The molecule has 0 aliphatic rings. The zero-order valence-electron chi connectivity index (χ0n) is 12.2. The fourth-order valence-electron chi connectivity index (χ4n) is 2.14. The quantitative estimate of drug-likeness (QED) is 0.690. The SMILES string of the molecule is COc1ccc(C(=O)OCc2ccc3ccccc3n2)cc1. The van der Waals surface area contributed by atoms with E-state index in [2.05, 4.69) is 4.98 Å². The lowest BCUT2D eigenvalue weighted by atomic mass is 10.2. The number of methoxy groups -OCH3 is 1. The van der Waals surface area contributed by atoms with Gasteiger partial charge >= 0.3 is 5.97 Å². The summed E-state index contributed by atoms with van der Waals surface area (Å²) >= 11 is 0. The lowest BCUT2D eigenvalue weighted by Gasteiger charge is -2.06. The molecule has 0 saturated carbocycles. The molecule has 4 heteroatoms. The Morgan fingerprint density at radius 3 is 2.55 bits per heavy atom. The van der Waals surface area contributed by atoms with Gasteiger partial charge in [0.1, 0.15) is 12.4 Å². The van der Waals surface area contributed by atoms with Crippen molar-refractivity contribution in [1.29, 1.82) is 0 Å². The molecule has 0 spiro atoms. The Bertz CT molecular complexity index is 797. The topological polar surface area (TPSA) is 48.4 Å². The molecule has 2 aromatic carbocycles. The molecule has 0 saturated heterocycles. The highest BCUT2D eigenvalue weighted by atomic mass is 16.5. The van der Waals surface area contributed by atoms with Gasteiger partial charge in [-0.25, -0.2) is 9.78 Å². The first kappa shape index (κ1) is 14.1. The molecule has 1 aromatic heterocycles. The van der Waals surface area contributed by atoms with E-state index in [-0.39, 0.29) is 12.6 Å². The summed E-state index contributed by atoms with van der Waals surface area (Å²) in [6, 6.07) is 18.5. The van der Waals surface area contributed by atoms with Crippen LogP contribution in [-0.2, 0) is 11.3 Å². The summed E-state index contributed by atoms with van der Waals surface area (Å²) in [6.45, 7) is 0.149. The number of esters is 1. The molecule has 0 N–H and O–H groups in total. The lowest BCUT2D eigenvalue weighted by Crippen LogP contribution is -2.06. The second kappa shape index (κ2) is 6.26. The zero-order chi connectivity index (χ0) is 15.4. The third kappa shape index (κ3) is 3.06. The number of para-hydroxylation sites is 1. The zero-order valence-corrected chi connectivity index (χ0v) is 12.2. The maximum absolute atomic E-state index is 12.0. The number of carbonyl (C=O) groups is 1. The molecule has 3 rings (SSSR count). The van der Waals surface area contributed by atoms with Crippen molar-refractivity contribution < 1.29 is 14.3 Å². The van der Waals surface area contributed by atoms with Gasteiger partial charge in [0.05, 0.1) is 23.9 Å². The van der Waals surface area contributed by atoms with E-state index >= 15 is 0 Å². The van der Waals surface area contributed by atoms with E-state index in [4.69, 9.17) is 9.47 Å². The van der Waals surface area contributed by atoms with Crippen LogP contribution in [0.25, 0.3) is 10.9 Å². The molecule has 0 amide bonds. The number of carbonyl (C=O) groups excluding carboxylic acids is 1. The summed E-state index contributed by atoms with van der Waals surface area (Å²) in [7, 11) is 1.58. The monoisotopic (exact) mass is 293 g/mol. The summed E-state index contributed by atoms with van der Waals surface area (Å²) in [6.07, 6.45) is 0. The van der Waals surface area contributed by atoms with Crippen LogP contribution in [0, 0.1) is 0 Å². The first-order valence-corrected chi connectivity index (χ1v) is 6.92. The van der Waals surface area contributed by atoms with Crippen molar-refractivity contribution in [3.63, 3.8) is 0 Å². The van der Waals surface area contributed by atoms with Gasteiger partial charge in [0.25, 0.3) is 0 Å². The van der Waals surface area contributed by atoms with E-state index < -0.39 is 0 Å². The van der Waals surface area contributed by atoms with Crippen molar-refractivity contribution in [3.8, 4) is 5.75 Å². The Hall–Kier alpha value is -2.88. The largest absolute Gasteiger partial charge is 0.497 e. The third-order valence-electron chi connectivity index (χ3n) is 3.33. The number of hydrogen-bond acceptors (Lipinski definition) is 4. The third-order valence-corrected chi connectivity index (χ3v) is 3.33. The first-order chi connectivity index (χ1) is 10.8. The average molecular weight is 293 g/mol. The number of pyridine rings is 1. The first-order valence-electron chi connectivity index (χ1n) is 6.92. The minimum absolute atomic E-state index is 0.149. The highest BCUT2D eigenvalue weighted by Gasteiger charge is 2.08. The molecule has 3 aromatic rings. The van der Waals surface area contributed by atoms with Gasteiger partial charge in [0, 0.05) is 5.39 Å². The van der Waals surface area contributed by atoms with E-state index in [1.54, 1.807) is 31.4 Å². The van der Waals surface area contributed by atoms with E-state index in [0.717, 1.165) is 16.6 Å². The van der Waals surface area contributed by atoms with Crippen LogP contribution in [0.2, 0.25) is 0 Å². The molecule has 110 valence electrons. The molecule has 1 heterocycles. The summed E-state index contributed by atoms with van der Waals surface area (Å²) in [5.74, 6) is 0.324. The van der Waals surface area contributed by atoms with Gasteiger partial charge < -0.3 is 9.47 Å². The standard InChI is InChI=1S/C18H15NO3/c1-21-16-10-7-14(8-11-16)18(20)22-12-15-9-6-13-4-2-3-5-17(13)19-15/h2-11H,12H2,1H3. The minimum atomic E-state index is -0.377. The van der Waals surface area contributed by atoms with Crippen LogP contribution in [0.4, 0.5) is 0 Å². The van der Waals surface area contributed by atoms with E-state index in [1.165, 1.54) is 0 Å². The smallest absolute Gasteiger partial charge is 0.338 e. The van der Waals surface area contributed by atoms with Crippen molar-refractivity contribution in [2.75, 3.05) is 7.11 Å². The maximum Gasteiger partial charge on any atom is 0.338 e. The molecule has 0 fully saturated rings. The van der Waals surface area contributed by atoms with Gasteiger partial charge in [0.15, 0.2) is 0 Å². The van der Waals surface area contributed by atoms with Crippen LogP contribution in [0.15, 0.2) is 60.7 Å². The number of hydrogen-bond donors (Lipinski definition) is 0. The highest BCUT2D eigenvalue weighted by molar-refractivity contribution is 5.89. The number of aromatic nitrogens is 1. The van der Waals surface area contributed by atoms with Gasteiger partial charge in [-0.15, -0.1) is 0 Å². The molecule has 0 aliphatic heterocycles. The van der Waals surface area contributed by atoms with Crippen LogP contribution in [0.3, 0.4) is 0 Å². The molecule has 0 atom stereocenters. The van der Waals surface area contributed by atoms with Crippen molar-refractivity contribution >= 4 is 16.9 Å². The van der Waals surface area contributed by atoms with Crippen LogP contribution in [0.5, 0.6) is 5.75 Å². The van der Waals surface area contributed by atoms with Crippen molar-refractivity contribution in [3.05, 3.63) is 71.9 Å². The number of rotatable bonds is 4. The average Bonchev–Trinajstić information content (AvgIpc) is 2.59. The minimum Gasteiger partial charge on any atom is -0.497 e. The van der Waals surface area contributed by atoms with E-state index in [9.17, 15) is 4.79 Å². The number of ether oxygens (including phenoxy) is 2. The summed E-state index contributed by atoms with van der Waals surface area (Å²) in [5, 5.41) is 1.06. The van der Waals surface area contributed by atoms with Crippen LogP contribution in [-0.4, -0.2) is 18.1 Å². The number of benzene rings is 2. The Labute approximate surface area is 128 Å². The normalized spacial score (nSPS) is 10.4. The Morgan fingerprint density at radius 2 is 1.77 bits per heavy atom.